The molecule has 0 radical (unpaired) electrons. The van der Waals surface area contributed by atoms with Crippen LogP contribution in [0.2, 0.25) is 0 Å². The molecule has 2 aliphatic carbocycles. The second kappa shape index (κ2) is 5.29. The first-order valence-electron chi connectivity index (χ1n) is 7.08. The number of carbonyl (C=O) groups is 2. The Morgan fingerprint density at radius 3 is 2.39 bits per heavy atom. The van der Waals surface area contributed by atoms with E-state index in [-0.39, 0.29) is 17.8 Å². The van der Waals surface area contributed by atoms with Crippen LogP contribution in [0.4, 0.5) is 0 Å². The molecule has 0 aromatic rings. The van der Waals surface area contributed by atoms with Crippen LogP contribution in [0.5, 0.6) is 0 Å². The Hall–Kier alpha value is -1.06. The summed E-state index contributed by atoms with van der Waals surface area (Å²) in [5, 5.41) is 3.00. The van der Waals surface area contributed by atoms with Crippen molar-refractivity contribution < 1.29 is 14.3 Å². The first-order valence-corrected chi connectivity index (χ1v) is 7.08. The van der Waals surface area contributed by atoms with Crippen LogP contribution in [0.3, 0.4) is 0 Å². The first kappa shape index (κ1) is 13.4. The highest BCUT2D eigenvalue weighted by molar-refractivity contribution is 5.90. The van der Waals surface area contributed by atoms with Gasteiger partial charge in [0.05, 0.1) is 6.61 Å². The predicted octanol–water partition coefficient (Wildman–Crippen LogP) is 2.02. The third kappa shape index (κ3) is 2.68. The molecule has 2 atom stereocenters. The standard InChI is InChI=1S/C14H23NO3/c1-3-18-13(17)14(7-5-4-6-8-14)15-12(16)11-9-10(11)2/h10-11H,3-9H2,1-2H3,(H,15,16). The molecule has 2 unspecified atom stereocenters. The highest BCUT2D eigenvalue weighted by Gasteiger charge is 2.47. The summed E-state index contributed by atoms with van der Waals surface area (Å²) in [4.78, 5) is 24.2. The molecular formula is C14H23NO3. The molecule has 0 heterocycles. The molecule has 0 saturated heterocycles. The summed E-state index contributed by atoms with van der Waals surface area (Å²) >= 11 is 0. The van der Waals surface area contributed by atoms with Gasteiger partial charge in [0.25, 0.3) is 0 Å². The Balaban J connectivity index is 2.04. The van der Waals surface area contributed by atoms with E-state index in [4.69, 9.17) is 4.74 Å². The minimum atomic E-state index is -0.742. The summed E-state index contributed by atoms with van der Waals surface area (Å²) in [7, 11) is 0. The second-order valence-electron chi connectivity index (χ2n) is 5.67. The summed E-state index contributed by atoms with van der Waals surface area (Å²) < 4.78 is 5.16. The average molecular weight is 253 g/mol. The molecule has 1 N–H and O–H groups in total. The number of amides is 1. The minimum absolute atomic E-state index is 0.0393. The van der Waals surface area contributed by atoms with Crippen molar-refractivity contribution >= 4 is 11.9 Å². The highest BCUT2D eigenvalue weighted by atomic mass is 16.5. The zero-order chi connectivity index (χ0) is 13.2. The number of carbonyl (C=O) groups excluding carboxylic acids is 2. The fourth-order valence-corrected chi connectivity index (χ4v) is 2.82. The molecule has 4 heteroatoms. The summed E-state index contributed by atoms with van der Waals surface area (Å²) in [5.41, 5.74) is -0.742. The quantitative estimate of drug-likeness (QED) is 0.780. The Morgan fingerprint density at radius 1 is 1.28 bits per heavy atom. The third-order valence-electron chi connectivity index (χ3n) is 4.18. The van der Waals surface area contributed by atoms with Gasteiger partial charge >= 0.3 is 5.97 Å². The van der Waals surface area contributed by atoms with Crippen LogP contribution in [0.15, 0.2) is 0 Å². The van der Waals surface area contributed by atoms with E-state index in [0.717, 1.165) is 38.5 Å². The van der Waals surface area contributed by atoms with Crippen molar-refractivity contribution in [2.24, 2.45) is 11.8 Å². The van der Waals surface area contributed by atoms with Crippen molar-refractivity contribution in [2.45, 2.75) is 57.9 Å². The van der Waals surface area contributed by atoms with Crippen molar-refractivity contribution in [3.05, 3.63) is 0 Å². The van der Waals surface area contributed by atoms with Crippen LogP contribution in [0, 0.1) is 11.8 Å². The van der Waals surface area contributed by atoms with Gasteiger partial charge in [-0.15, -0.1) is 0 Å². The molecule has 0 aliphatic heterocycles. The number of hydrogen-bond donors (Lipinski definition) is 1. The summed E-state index contributed by atoms with van der Waals surface area (Å²) in [6.07, 6.45) is 5.50. The lowest BCUT2D eigenvalue weighted by Gasteiger charge is -2.35. The predicted molar refractivity (Wildman–Crippen MR) is 67.9 cm³/mol. The van der Waals surface area contributed by atoms with E-state index in [1.165, 1.54) is 0 Å². The number of nitrogens with one attached hydrogen (secondary N) is 1. The van der Waals surface area contributed by atoms with Crippen molar-refractivity contribution in [1.29, 1.82) is 0 Å². The van der Waals surface area contributed by atoms with Crippen molar-refractivity contribution in [3.8, 4) is 0 Å². The van der Waals surface area contributed by atoms with Gasteiger partial charge < -0.3 is 10.1 Å². The fraction of sp³-hybridized carbons (Fsp3) is 0.857. The Kier molecular flexibility index (Phi) is 3.93. The van der Waals surface area contributed by atoms with E-state index < -0.39 is 5.54 Å². The van der Waals surface area contributed by atoms with Gasteiger partial charge in [0, 0.05) is 5.92 Å². The zero-order valence-corrected chi connectivity index (χ0v) is 11.3. The maximum Gasteiger partial charge on any atom is 0.331 e. The van der Waals surface area contributed by atoms with Gasteiger partial charge in [0.1, 0.15) is 5.54 Å². The molecule has 4 nitrogen and oxygen atoms in total. The van der Waals surface area contributed by atoms with E-state index in [0.29, 0.717) is 12.5 Å². The third-order valence-corrected chi connectivity index (χ3v) is 4.18. The number of hydrogen-bond acceptors (Lipinski definition) is 3. The number of esters is 1. The van der Waals surface area contributed by atoms with Crippen LogP contribution in [0.1, 0.15) is 52.4 Å². The second-order valence-corrected chi connectivity index (χ2v) is 5.67. The fourth-order valence-electron chi connectivity index (χ4n) is 2.82. The van der Waals surface area contributed by atoms with Crippen LogP contribution >= 0.6 is 0 Å². The van der Waals surface area contributed by atoms with Crippen LogP contribution < -0.4 is 5.32 Å². The van der Waals surface area contributed by atoms with E-state index >= 15 is 0 Å². The molecule has 0 spiro atoms. The van der Waals surface area contributed by atoms with E-state index in [2.05, 4.69) is 12.2 Å². The van der Waals surface area contributed by atoms with Crippen molar-refractivity contribution in [3.63, 3.8) is 0 Å². The van der Waals surface area contributed by atoms with Crippen LogP contribution in [0.25, 0.3) is 0 Å². The van der Waals surface area contributed by atoms with Crippen LogP contribution in [-0.2, 0) is 14.3 Å². The first-order chi connectivity index (χ1) is 8.59. The SMILES string of the molecule is CCOC(=O)C1(NC(=O)C2CC2C)CCCCC1. The van der Waals surface area contributed by atoms with E-state index in [1.807, 2.05) is 0 Å². The zero-order valence-electron chi connectivity index (χ0n) is 11.3. The van der Waals surface area contributed by atoms with Crippen molar-refractivity contribution in [2.75, 3.05) is 6.61 Å². The van der Waals surface area contributed by atoms with Gasteiger partial charge in [-0.1, -0.05) is 26.2 Å². The largest absolute Gasteiger partial charge is 0.464 e. The topological polar surface area (TPSA) is 55.4 Å². The van der Waals surface area contributed by atoms with Gasteiger partial charge in [-0.05, 0) is 32.1 Å². The molecule has 0 bridgehead atoms. The summed E-state index contributed by atoms with van der Waals surface area (Å²) in [5.74, 6) is 0.370. The Labute approximate surface area is 108 Å². The molecule has 102 valence electrons. The van der Waals surface area contributed by atoms with Gasteiger partial charge in [0.15, 0.2) is 0 Å². The molecule has 2 fully saturated rings. The maximum atomic E-state index is 12.1. The molecule has 0 aromatic heterocycles. The van der Waals surface area contributed by atoms with Crippen molar-refractivity contribution in [1.82, 2.24) is 5.32 Å². The Bertz CT molecular complexity index is 334. The van der Waals surface area contributed by atoms with Crippen LogP contribution in [-0.4, -0.2) is 24.0 Å². The molecule has 2 rings (SSSR count). The Morgan fingerprint density at radius 2 is 1.89 bits per heavy atom. The molecular weight excluding hydrogens is 230 g/mol. The normalized spacial score (nSPS) is 29.4. The number of rotatable bonds is 4. The van der Waals surface area contributed by atoms with Gasteiger partial charge in [0.2, 0.25) is 5.91 Å². The summed E-state index contributed by atoms with van der Waals surface area (Å²) in [6.45, 7) is 4.25. The molecule has 1 amide bonds. The van der Waals surface area contributed by atoms with E-state index in [1.54, 1.807) is 6.92 Å². The molecule has 0 aromatic carbocycles. The molecule has 18 heavy (non-hydrogen) atoms. The van der Waals surface area contributed by atoms with Gasteiger partial charge in [-0.2, -0.15) is 0 Å². The monoisotopic (exact) mass is 253 g/mol. The lowest BCUT2D eigenvalue weighted by atomic mass is 9.81. The lowest BCUT2D eigenvalue weighted by molar-refractivity contribution is -0.155. The maximum absolute atomic E-state index is 12.1. The molecule has 2 saturated carbocycles. The highest BCUT2D eigenvalue weighted by Crippen LogP contribution is 2.39. The van der Waals surface area contributed by atoms with Gasteiger partial charge in [-0.3, -0.25) is 4.79 Å². The van der Waals surface area contributed by atoms with Gasteiger partial charge in [-0.25, -0.2) is 4.79 Å². The minimum Gasteiger partial charge on any atom is -0.464 e. The molecule has 2 aliphatic rings. The lowest BCUT2D eigenvalue weighted by Crippen LogP contribution is -2.56. The van der Waals surface area contributed by atoms with E-state index in [9.17, 15) is 9.59 Å². The number of ether oxygens (including phenoxy) is 1. The summed E-state index contributed by atoms with van der Waals surface area (Å²) in [6, 6.07) is 0. The smallest absolute Gasteiger partial charge is 0.331 e. The average Bonchev–Trinajstić information content (AvgIpc) is 3.08.